The van der Waals surface area contributed by atoms with Gasteiger partial charge in [-0.15, -0.1) is 0 Å². The molecular formula is C49H31N3O. The number of nitrogens with zero attached hydrogens (tertiary/aromatic N) is 3. The van der Waals surface area contributed by atoms with Crippen molar-refractivity contribution in [2.45, 2.75) is 0 Å². The monoisotopic (exact) mass is 677 g/mol. The molecule has 2 heterocycles. The topological polar surface area (TPSA) is 51.8 Å². The second-order valence-corrected chi connectivity index (χ2v) is 13.2. The highest BCUT2D eigenvalue weighted by atomic mass is 16.3. The maximum absolute atomic E-state index is 6.58. The minimum absolute atomic E-state index is 0.643. The van der Waals surface area contributed by atoms with Crippen molar-refractivity contribution in [1.82, 2.24) is 15.0 Å². The van der Waals surface area contributed by atoms with Crippen LogP contribution in [0.5, 0.6) is 0 Å². The Morgan fingerprint density at radius 3 is 1.30 bits per heavy atom. The molecule has 0 amide bonds. The van der Waals surface area contributed by atoms with Crippen molar-refractivity contribution in [2.24, 2.45) is 0 Å². The van der Waals surface area contributed by atoms with E-state index >= 15 is 0 Å². The third-order valence-corrected chi connectivity index (χ3v) is 9.96. The van der Waals surface area contributed by atoms with Gasteiger partial charge in [0.15, 0.2) is 17.5 Å². The molecular weight excluding hydrogens is 647 g/mol. The van der Waals surface area contributed by atoms with E-state index in [0.717, 1.165) is 60.7 Å². The first-order valence-corrected chi connectivity index (χ1v) is 17.8. The van der Waals surface area contributed by atoms with E-state index in [1.54, 1.807) is 0 Å². The Balaban J connectivity index is 1.02. The molecule has 0 aliphatic carbocycles. The summed E-state index contributed by atoms with van der Waals surface area (Å²) in [6, 6.07) is 65.2. The fourth-order valence-electron chi connectivity index (χ4n) is 7.34. The molecule has 0 N–H and O–H groups in total. The normalized spacial score (nSPS) is 11.4. The van der Waals surface area contributed by atoms with Crippen LogP contribution in [0.1, 0.15) is 0 Å². The molecule has 2 aromatic heterocycles. The summed E-state index contributed by atoms with van der Waals surface area (Å²) in [5, 5.41) is 4.54. The van der Waals surface area contributed by atoms with Crippen LogP contribution in [0.25, 0.3) is 100 Å². The summed E-state index contributed by atoms with van der Waals surface area (Å²) < 4.78 is 6.58. The van der Waals surface area contributed by atoms with Crippen LogP contribution in [0.2, 0.25) is 0 Å². The lowest BCUT2D eigenvalue weighted by molar-refractivity contribution is 0.673. The molecule has 53 heavy (non-hydrogen) atoms. The largest absolute Gasteiger partial charge is 0.455 e. The number of fused-ring (bicyclic) bond motifs is 5. The standard InChI is InChI=1S/C49H31N3O/c1-4-13-34(14-5-1)39-21-12-22-44-45(39)43-31-42(40-19-10-11-20-41(40)46(43)53-44)35-27-23-32(24-28-35)33-25-29-38(30-26-33)49-51-47(36-15-6-2-7-16-36)50-48(52-49)37-17-8-3-9-18-37/h1-31H. The minimum Gasteiger partial charge on any atom is -0.455 e. The molecule has 248 valence electrons. The zero-order chi connectivity index (χ0) is 35.1. The van der Waals surface area contributed by atoms with Gasteiger partial charge in [0.2, 0.25) is 0 Å². The smallest absolute Gasteiger partial charge is 0.164 e. The molecule has 0 unspecified atom stereocenters. The summed E-state index contributed by atoms with van der Waals surface area (Å²) >= 11 is 0. The van der Waals surface area contributed by atoms with Gasteiger partial charge in [-0.2, -0.15) is 0 Å². The van der Waals surface area contributed by atoms with Crippen LogP contribution in [0.4, 0.5) is 0 Å². The van der Waals surface area contributed by atoms with E-state index in [1.807, 2.05) is 60.7 Å². The zero-order valence-corrected chi connectivity index (χ0v) is 28.6. The van der Waals surface area contributed by atoms with Crippen molar-refractivity contribution >= 4 is 32.7 Å². The van der Waals surface area contributed by atoms with Gasteiger partial charge in [-0.1, -0.05) is 176 Å². The number of aromatic nitrogens is 3. The molecule has 10 aromatic rings. The summed E-state index contributed by atoms with van der Waals surface area (Å²) in [4.78, 5) is 14.6. The van der Waals surface area contributed by atoms with Crippen LogP contribution in [-0.2, 0) is 0 Å². The lowest BCUT2D eigenvalue weighted by Crippen LogP contribution is -2.00. The van der Waals surface area contributed by atoms with Gasteiger partial charge < -0.3 is 4.42 Å². The van der Waals surface area contributed by atoms with Gasteiger partial charge in [0.05, 0.1) is 0 Å². The maximum Gasteiger partial charge on any atom is 0.164 e. The molecule has 0 atom stereocenters. The van der Waals surface area contributed by atoms with E-state index in [0.29, 0.717) is 17.5 Å². The Hall–Kier alpha value is -7.17. The Bertz CT molecular complexity index is 2840. The Morgan fingerprint density at radius 1 is 0.302 bits per heavy atom. The van der Waals surface area contributed by atoms with Gasteiger partial charge in [0.25, 0.3) is 0 Å². The van der Waals surface area contributed by atoms with Gasteiger partial charge in [-0.25, -0.2) is 15.0 Å². The molecule has 0 aliphatic heterocycles. The molecule has 0 bridgehead atoms. The fraction of sp³-hybridized carbons (Fsp3) is 0. The Kier molecular flexibility index (Phi) is 7.43. The van der Waals surface area contributed by atoms with Crippen LogP contribution in [-0.4, -0.2) is 15.0 Å². The maximum atomic E-state index is 6.58. The third kappa shape index (κ3) is 5.54. The average Bonchev–Trinajstić information content (AvgIpc) is 3.63. The van der Waals surface area contributed by atoms with Crippen molar-refractivity contribution in [3.63, 3.8) is 0 Å². The van der Waals surface area contributed by atoms with Crippen molar-refractivity contribution < 1.29 is 4.42 Å². The van der Waals surface area contributed by atoms with E-state index in [2.05, 4.69) is 127 Å². The van der Waals surface area contributed by atoms with E-state index in [1.165, 1.54) is 22.1 Å². The van der Waals surface area contributed by atoms with Gasteiger partial charge in [0, 0.05) is 32.8 Å². The van der Waals surface area contributed by atoms with Gasteiger partial charge in [-0.05, 0) is 50.9 Å². The van der Waals surface area contributed by atoms with Crippen LogP contribution in [0.3, 0.4) is 0 Å². The number of hydrogen-bond acceptors (Lipinski definition) is 4. The lowest BCUT2D eigenvalue weighted by atomic mass is 9.92. The molecule has 4 nitrogen and oxygen atoms in total. The lowest BCUT2D eigenvalue weighted by Gasteiger charge is -2.11. The Morgan fingerprint density at radius 2 is 0.736 bits per heavy atom. The van der Waals surface area contributed by atoms with E-state index in [9.17, 15) is 0 Å². The molecule has 0 fully saturated rings. The van der Waals surface area contributed by atoms with Gasteiger partial charge >= 0.3 is 0 Å². The first-order valence-electron chi connectivity index (χ1n) is 17.8. The second-order valence-electron chi connectivity index (χ2n) is 13.2. The van der Waals surface area contributed by atoms with Gasteiger partial charge in [0.1, 0.15) is 11.2 Å². The number of furan rings is 1. The van der Waals surface area contributed by atoms with Crippen molar-refractivity contribution in [3.05, 3.63) is 188 Å². The summed E-state index contributed by atoms with van der Waals surface area (Å²) in [5.74, 6) is 1.95. The molecule has 10 rings (SSSR count). The number of rotatable bonds is 6. The van der Waals surface area contributed by atoms with Gasteiger partial charge in [-0.3, -0.25) is 0 Å². The molecule has 0 spiro atoms. The number of hydrogen-bond donors (Lipinski definition) is 0. The summed E-state index contributed by atoms with van der Waals surface area (Å²) in [5.41, 5.74) is 11.6. The first-order chi connectivity index (χ1) is 26.3. The van der Waals surface area contributed by atoms with Crippen LogP contribution in [0.15, 0.2) is 192 Å². The van der Waals surface area contributed by atoms with E-state index in [4.69, 9.17) is 19.4 Å². The Labute approximate surface area is 306 Å². The highest BCUT2D eigenvalue weighted by molar-refractivity contribution is 6.22. The summed E-state index contributed by atoms with van der Waals surface area (Å²) in [6.45, 7) is 0. The van der Waals surface area contributed by atoms with E-state index < -0.39 is 0 Å². The highest BCUT2D eigenvalue weighted by Crippen LogP contribution is 2.43. The van der Waals surface area contributed by atoms with Crippen LogP contribution in [0, 0.1) is 0 Å². The molecule has 0 aliphatic rings. The highest BCUT2D eigenvalue weighted by Gasteiger charge is 2.18. The zero-order valence-electron chi connectivity index (χ0n) is 28.6. The van der Waals surface area contributed by atoms with Crippen molar-refractivity contribution in [2.75, 3.05) is 0 Å². The molecule has 0 saturated carbocycles. The molecule has 0 saturated heterocycles. The third-order valence-electron chi connectivity index (χ3n) is 9.96. The predicted molar refractivity (Wildman–Crippen MR) is 217 cm³/mol. The minimum atomic E-state index is 0.643. The summed E-state index contributed by atoms with van der Waals surface area (Å²) in [7, 11) is 0. The SMILES string of the molecule is c1ccc(-c2nc(-c3ccccc3)nc(-c3ccc(-c4ccc(-c5cc6c(oc7cccc(-c8ccccc8)c76)c6ccccc56)cc4)cc3)n2)cc1. The number of benzene rings is 8. The van der Waals surface area contributed by atoms with Crippen molar-refractivity contribution in [1.29, 1.82) is 0 Å². The second kappa shape index (κ2) is 12.9. The molecule has 4 heteroatoms. The average molecular weight is 678 g/mol. The molecule has 8 aromatic carbocycles. The summed E-state index contributed by atoms with van der Waals surface area (Å²) in [6.07, 6.45) is 0. The van der Waals surface area contributed by atoms with Crippen LogP contribution >= 0.6 is 0 Å². The fourth-order valence-corrected chi connectivity index (χ4v) is 7.34. The molecule has 0 radical (unpaired) electrons. The van der Waals surface area contributed by atoms with Crippen LogP contribution < -0.4 is 0 Å². The van der Waals surface area contributed by atoms with Crippen molar-refractivity contribution in [3.8, 4) is 67.5 Å². The first kappa shape index (κ1) is 30.6. The van der Waals surface area contributed by atoms with E-state index in [-0.39, 0.29) is 0 Å². The predicted octanol–water partition coefficient (Wildman–Crippen LogP) is 12.9. The quantitative estimate of drug-likeness (QED) is 0.176.